The van der Waals surface area contributed by atoms with Crippen LogP contribution in [-0.4, -0.2) is 43.9 Å². The molecule has 0 spiro atoms. The van der Waals surface area contributed by atoms with Crippen LogP contribution in [0.5, 0.6) is 0 Å². The second kappa shape index (κ2) is 9.33. The number of hydrogen-bond acceptors (Lipinski definition) is 3. The molecule has 1 saturated heterocycles. The van der Waals surface area contributed by atoms with Crippen LogP contribution in [0.25, 0.3) is 0 Å². The average Bonchev–Trinajstić information content (AvgIpc) is 2.55. The van der Waals surface area contributed by atoms with Crippen molar-refractivity contribution in [3.05, 3.63) is 33.8 Å². The Kier molecular flexibility index (Phi) is 7.43. The molecule has 0 aromatic heterocycles. The van der Waals surface area contributed by atoms with Crippen LogP contribution < -0.4 is 10.6 Å². The fourth-order valence-corrected chi connectivity index (χ4v) is 3.02. The highest BCUT2D eigenvalue weighted by atomic mass is 35.5. The third kappa shape index (κ3) is 6.18. The van der Waals surface area contributed by atoms with Gasteiger partial charge in [0.25, 0.3) is 0 Å². The van der Waals surface area contributed by atoms with E-state index in [9.17, 15) is 5.11 Å². The Balaban J connectivity index is 1.80. The van der Waals surface area contributed by atoms with Crippen LogP contribution in [0.15, 0.2) is 23.2 Å². The van der Waals surface area contributed by atoms with E-state index in [0.29, 0.717) is 34.7 Å². The van der Waals surface area contributed by atoms with Crippen LogP contribution in [0.1, 0.15) is 30.9 Å². The van der Waals surface area contributed by atoms with Crippen molar-refractivity contribution in [2.24, 2.45) is 4.99 Å². The van der Waals surface area contributed by atoms with Gasteiger partial charge < -0.3 is 20.5 Å². The second-order valence-corrected chi connectivity index (χ2v) is 6.41. The van der Waals surface area contributed by atoms with Gasteiger partial charge in [-0.1, -0.05) is 23.2 Å². The molecule has 0 radical (unpaired) electrons. The number of nitrogens with zero attached hydrogens (tertiary/aromatic N) is 1. The fourth-order valence-electron chi connectivity index (χ4n) is 2.48. The van der Waals surface area contributed by atoms with Crippen LogP contribution in [0.2, 0.25) is 10.0 Å². The highest BCUT2D eigenvalue weighted by Crippen LogP contribution is 2.23. The van der Waals surface area contributed by atoms with Gasteiger partial charge in [0.15, 0.2) is 5.96 Å². The van der Waals surface area contributed by atoms with E-state index >= 15 is 0 Å². The van der Waals surface area contributed by atoms with Crippen molar-refractivity contribution in [3.63, 3.8) is 0 Å². The molecule has 1 aliphatic rings. The molecule has 1 fully saturated rings. The molecular weight excluding hydrogens is 337 g/mol. The summed E-state index contributed by atoms with van der Waals surface area (Å²) in [4.78, 5) is 4.15. The summed E-state index contributed by atoms with van der Waals surface area (Å²) in [5, 5.41) is 17.6. The zero-order valence-corrected chi connectivity index (χ0v) is 14.7. The van der Waals surface area contributed by atoms with Crippen LogP contribution >= 0.6 is 23.2 Å². The summed E-state index contributed by atoms with van der Waals surface area (Å²) in [6.45, 7) is 1.84. The monoisotopic (exact) mass is 359 g/mol. The van der Waals surface area contributed by atoms with Crippen LogP contribution in [0.3, 0.4) is 0 Å². The average molecular weight is 360 g/mol. The summed E-state index contributed by atoms with van der Waals surface area (Å²) in [5.74, 6) is 0.631. The topological polar surface area (TPSA) is 65.9 Å². The Morgan fingerprint density at radius 2 is 2.04 bits per heavy atom. The first kappa shape index (κ1) is 18.3. The number of hydrogen-bond donors (Lipinski definition) is 3. The zero-order chi connectivity index (χ0) is 16.7. The number of benzene rings is 1. The molecule has 1 aromatic rings. The van der Waals surface area contributed by atoms with E-state index < -0.39 is 6.10 Å². The number of aliphatic hydroxyl groups excluding tert-OH is 1. The normalized spacial score (nSPS) is 20.2. The third-order valence-electron chi connectivity index (χ3n) is 3.73. The Labute approximate surface area is 147 Å². The summed E-state index contributed by atoms with van der Waals surface area (Å²) in [6, 6.07) is 5.04. The molecule has 1 aliphatic heterocycles. The van der Waals surface area contributed by atoms with Gasteiger partial charge in [0.2, 0.25) is 0 Å². The van der Waals surface area contributed by atoms with Gasteiger partial charge in [-0.05, 0) is 43.0 Å². The summed E-state index contributed by atoms with van der Waals surface area (Å²) >= 11 is 11.9. The first-order valence-electron chi connectivity index (χ1n) is 7.78. The van der Waals surface area contributed by atoms with Gasteiger partial charge in [0.05, 0.1) is 12.2 Å². The molecule has 1 heterocycles. The molecule has 0 saturated carbocycles. The molecule has 3 N–H and O–H groups in total. The molecule has 2 unspecified atom stereocenters. The number of rotatable bonds is 5. The number of aliphatic hydroxyl groups is 1. The van der Waals surface area contributed by atoms with Gasteiger partial charge in [0, 0.05) is 36.8 Å². The number of guanidine groups is 1. The predicted octanol–water partition coefficient (Wildman–Crippen LogP) is 2.76. The lowest BCUT2D eigenvalue weighted by atomic mass is 10.1. The van der Waals surface area contributed by atoms with Gasteiger partial charge in [-0.25, -0.2) is 0 Å². The van der Waals surface area contributed by atoms with Crippen LogP contribution in [0, 0.1) is 0 Å². The second-order valence-electron chi connectivity index (χ2n) is 5.54. The van der Waals surface area contributed by atoms with E-state index in [1.165, 1.54) is 6.42 Å². The van der Waals surface area contributed by atoms with Crippen molar-refractivity contribution in [1.82, 2.24) is 10.6 Å². The van der Waals surface area contributed by atoms with Crippen LogP contribution in [0.4, 0.5) is 0 Å². The Morgan fingerprint density at radius 1 is 1.30 bits per heavy atom. The molecule has 0 bridgehead atoms. The maximum Gasteiger partial charge on any atom is 0.191 e. The molecule has 7 heteroatoms. The summed E-state index contributed by atoms with van der Waals surface area (Å²) in [7, 11) is 1.69. The fraction of sp³-hybridized carbons (Fsp3) is 0.562. The Morgan fingerprint density at radius 3 is 2.65 bits per heavy atom. The lowest BCUT2D eigenvalue weighted by Gasteiger charge is -2.24. The van der Waals surface area contributed by atoms with Crippen molar-refractivity contribution in [1.29, 1.82) is 0 Å². The first-order valence-corrected chi connectivity index (χ1v) is 8.54. The molecule has 0 aliphatic carbocycles. The molecule has 128 valence electrons. The Hall–Kier alpha value is -1.01. The van der Waals surface area contributed by atoms with Gasteiger partial charge >= 0.3 is 0 Å². The SMILES string of the molecule is CN=C(NCC1CCCCO1)NCC(O)c1cc(Cl)cc(Cl)c1. The highest BCUT2D eigenvalue weighted by molar-refractivity contribution is 6.34. The molecule has 1 aromatic carbocycles. The quantitative estimate of drug-likeness (QED) is 0.558. The maximum atomic E-state index is 10.2. The van der Waals surface area contributed by atoms with E-state index in [2.05, 4.69) is 15.6 Å². The van der Waals surface area contributed by atoms with Crippen LogP contribution in [-0.2, 0) is 4.74 Å². The minimum Gasteiger partial charge on any atom is -0.387 e. The van der Waals surface area contributed by atoms with Crippen molar-refractivity contribution < 1.29 is 9.84 Å². The van der Waals surface area contributed by atoms with Gasteiger partial charge in [0.1, 0.15) is 0 Å². The minimum absolute atomic E-state index is 0.221. The maximum absolute atomic E-state index is 10.2. The number of halogens is 2. The number of aliphatic imine (C=N–C) groups is 1. The van der Waals surface area contributed by atoms with Crippen molar-refractivity contribution in [2.45, 2.75) is 31.5 Å². The largest absolute Gasteiger partial charge is 0.387 e. The van der Waals surface area contributed by atoms with E-state index in [4.69, 9.17) is 27.9 Å². The van der Waals surface area contributed by atoms with Gasteiger partial charge in [-0.3, -0.25) is 4.99 Å². The smallest absolute Gasteiger partial charge is 0.191 e. The molecule has 2 atom stereocenters. The van der Waals surface area contributed by atoms with Crippen molar-refractivity contribution in [2.75, 3.05) is 26.7 Å². The van der Waals surface area contributed by atoms with Gasteiger partial charge in [-0.15, -0.1) is 0 Å². The third-order valence-corrected chi connectivity index (χ3v) is 4.16. The van der Waals surface area contributed by atoms with E-state index in [1.807, 2.05) is 0 Å². The first-order chi connectivity index (χ1) is 11.1. The van der Waals surface area contributed by atoms with Gasteiger partial charge in [-0.2, -0.15) is 0 Å². The highest BCUT2D eigenvalue weighted by Gasteiger charge is 2.15. The summed E-state index contributed by atoms with van der Waals surface area (Å²) in [6.07, 6.45) is 2.90. The van der Waals surface area contributed by atoms with Crippen molar-refractivity contribution >= 4 is 29.2 Å². The number of nitrogens with one attached hydrogen (secondary N) is 2. The lowest BCUT2D eigenvalue weighted by molar-refractivity contribution is 0.0194. The predicted molar refractivity (Wildman–Crippen MR) is 94.4 cm³/mol. The van der Waals surface area contributed by atoms with Crippen molar-refractivity contribution in [3.8, 4) is 0 Å². The minimum atomic E-state index is -0.726. The molecule has 5 nitrogen and oxygen atoms in total. The molecule has 0 amide bonds. The summed E-state index contributed by atoms with van der Waals surface area (Å²) < 4.78 is 5.67. The molecular formula is C16H23Cl2N3O2. The van der Waals surface area contributed by atoms with E-state index in [1.54, 1.807) is 25.2 Å². The zero-order valence-electron chi connectivity index (χ0n) is 13.2. The molecule has 23 heavy (non-hydrogen) atoms. The Bertz CT molecular complexity index is 514. The number of ether oxygens (including phenoxy) is 1. The lowest BCUT2D eigenvalue weighted by Crippen LogP contribution is -2.43. The summed E-state index contributed by atoms with van der Waals surface area (Å²) in [5.41, 5.74) is 0.668. The van der Waals surface area contributed by atoms with E-state index in [0.717, 1.165) is 19.4 Å². The standard InChI is InChI=1S/C16H23Cl2N3O2/c1-19-16(20-9-14-4-2-3-5-23-14)21-10-15(22)11-6-12(17)8-13(18)7-11/h6-8,14-15,22H,2-5,9-10H2,1H3,(H2,19,20,21). The molecule has 2 rings (SSSR count). The van der Waals surface area contributed by atoms with E-state index in [-0.39, 0.29) is 6.10 Å².